The number of rotatable bonds is 6. The van der Waals surface area contributed by atoms with Crippen LogP contribution >= 0.6 is 11.8 Å². The Labute approximate surface area is 124 Å². The Kier molecular flexibility index (Phi) is 5.44. The Balaban J connectivity index is 2.10. The molecule has 106 valence electrons. The van der Waals surface area contributed by atoms with Crippen LogP contribution in [0.15, 0.2) is 52.4 Å². The summed E-state index contributed by atoms with van der Waals surface area (Å²) in [6, 6.07) is 12.6. The van der Waals surface area contributed by atoms with Gasteiger partial charge in [-0.15, -0.1) is 0 Å². The number of ether oxygens (including phenoxy) is 1. The molecule has 0 radical (unpaired) electrons. The monoisotopic (exact) mass is 288 g/mol. The molecule has 2 aromatic rings. The number of benzene rings is 1. The van der Waals surface area contributed by atoms with Gasteiger partial charge in [0.1, 0.15) is 5.75 Å². The fourth-order valence-electron chi connectivity index (χ4n) is 2.02. The normalized spacial score (nSPS) is 12.2. The maximum atomic E-state index is 5.23. The van der Waals surface area contributed by atoms with Gasteiger partial charge in [-0.25, -0.2) is 0 Å². The van der Waals surface area contributed by atoms with Crippen LogP contribution in [0.3, 0.4) is 0 Å². The lowest BCUT2D eigenvalue weighted by molar-refractivity contribution is 0.413. The van der Waals surface area contributed by atoms with Gasteiger partial charge < -0.3 is 10.1 Å². The minimum atomic E-state index is 0.325. The number of nitrogens with zero attached hydrogens (tertiary/aromatic N) is 1. The zero-order chi connectivity index (χ0) is 14.4. The minimum absolute atomic E-state index is 0.325. The summed E-state index contributed by atoms with van der Waals surface area (Å²) in [5.41, 5.74) is 1.09. The smallest absolute Gasteiger partial charge is 0.119 e. The molecule has 0 aliphatic heterocycles. The third-order valence-corrected chi connectivity index (χ3v) is 4.12. The van der Waals surface area contributed by atoms with Crippen molar-refractivity contribution in [1.82, 2.24) is 10.3 Å². The molecule has 1 heterocycles. The van der Waals surface area contributed by atoms with Gasteiger partial charge in [-0.2, -0.15) is 0 Å². The standard InChI is InChI=1S/C16H20N2OS/c1-4-15(17-2)16-9-8-14(11-18-16)20-13-7-5-6-12(10-13)19-3/h5-11,15,17H,4H2,1-3H3. The predicted octanol–water partition coefficient (Wildman–Crippen LogP) is 3.91. The van der Waals surface area contributed by atoms with Crippen LogP contribution < -0.4 is 10.1 Å². The summed E-state index contributed by atoms with van der Waals surface area (Å²) < 4.78 is 5.23. The molecule has 0 bridgehead atoms. The van der Waals surface area contributed by atoms with Crippen molar-refractivity contribution in [3.05, 3.63) is 48.3 Å². The van der Waals surface area contributed by atoms with Gasteiger partial charge in [0.25, 0.3) is 0 Å². The zero-order valence-electron chi connectivity index (χ0n) is 12.1. The third kappa shape index (κ3) is 3.74. The largest absolute Gasteiger partial charge is 0.497 e. The van der Waals surface area contributed by atoms with Crippen molar-refractivity contribution in [2.75, 3.05) is 14.2 Å². The first-order chi connectivity index (χ1) is 9.76. The first-order valence-electron chi connectivity index (χ1n) is 6.72. The lowest BCUT2D eigenvalue weighted by atomic mass is 10.1. The summed E-state index contributed by atoms with van der Waals surface area (Å²) in [7, 11) is 3.65. The number of methoxy groups -OCH3 is 1. The van der Waals surface area contributed by atoms with Crippen LogP contribution in [0, 0.1) is 0 Å². The highest BCUT2D eigenvalue weighted by Gasteiger charge is 2.08. The topological polar surface area (TPSA) is 34.1 Å². The first kappa shape index (κ1) is 14.9. The molecule has 20 heavy (non-hydrogen) atoms. The molecule has 0 saturated heterocycles. The van der Waals surface area contributed by atoms with E-state index in [0.717, 1.165) is 27.7 Å². The van der Waals surface area contributed by atoms with Crippen LogP contribution in [0.25, 0.3) is 0 Å². The molecule has 0 amide bonds. The van der Waals surface area contributed by atoms with Crippen molar-refractivity contribution < 1.29 is 4.74 Å². The highest BCUT2D eigenvalue weighted by Crippen LogP contribution is 2.30. The second kappa shape index (κ2) is 7.31. The van der Waals surface area contributed by atoms with Crippen LogP contribution in [0.4, 0.5) is 0 Å². The summed E-state index contributed by atoms with van der Waals surface area (Å²) >= 11 is 1.69. The van der Waals surface area contributed by atoms with Gasteiger partial charge in [0.05, 0.1) is 12.8 Å². The molecule has 1 aromatic heterocycles. The average Bonchev–Trinajstić information content (AvgIpc) is 2.50. The highest BCUT2D eigenvalue weighted by molar-refractivity contribution is 7.99. The van der Waals surface area contributed by atoms with Crippen LogP contribution in [0.2, 0.25) is 0 Å². The number of pyridine rings is 1. The van der Waals surface area contributed by atoms with Gasteiger partial charge in [0, 0.05) is 22.0 Å². The lowest BCUT2D eigenvalue weighted by Crippen LogP contribution is -2.16. The van der Waals surface area contributed by atoms with Gasteiger partial charge in [-0.05, 0) is 43.8 Å². The van der Waals surface area contributed by atoms with E-state index in [9.17, 15) is 0 Å². The van der Waals surface area contributed by atoms with E-state index in [2.05, 4.69) is 35.4 Å². The van der Waals surface area contributed by atoms with E-state index >= 15 is 0 Å². The molecule has 2 rings (SSSR count). The molecule has 0 saturated carbocycles. The highest BCUT2D eigenvalue weighted by atomic mass is 32.2. The second-order valence-corrected chi connectivity index (χ2v) is 5.60. The Morgan fingerprint density at radius 3 is 2.70 bits per heavy atom. The average molecular weight is 288 g/mol. The maximum absolute atomic E-state index is 5.23. The van der Waals surface area contributed by atoms with E-state index in [4.69, 9.17) is 4.74 Å². The van der Waals surface area contributed by atoms with Crippen LogP contribution in [0.5, 0.6) is 5.75 Å². The SMILES string of the molecule is CCC(NC)c1ccc(Sc2cccc(OC)c2)cn1. The molecular formula is C16H20N2OS. The molecule has 0 aliphatic rings. The molecule has 3 nitrogen and oxygen atoms in total. The summed E-state index contributed by atoms with van der Waals surface area (Å²) in [4.78, 5) is 6.83. The van der Waals surface area contributed by atoms with E-state index in [1.807, 2.05) is 31.4 Å². The van der Waals surface area contributed by atoms with Crippen molar-refractivity contribution in [1.29, 1.82) is 0 Å². The minimum Gasteiger partial charge on any atom is -0.497 e. The third-order valence-electron chi connectivity index (χ3n) is 3.15. The molecule has 0 fully saturated rings. The Morgan fingerprint density at radius 1 is 1.25 bits per heavy atom. The Hall–Kier alpha value is -1.52. The fourth-order valence-corrected chi connectivity index (χ4v) is 2.86. The quantitative estimate of drug-likeness (QED) is 0.874. The predicted molar refractivity (Wildman–Crippen MR) is 83.4 cm³/mol. The molecule has 0 spiro atoms. The van der Waals surface area contributed by atoms with Crippen LogP contribution in [-0.4, -0.2) is 19.1 Å². The Bertz CT molecular complexity index is 538. The van der Waals surface area contributed by atoms with Crippen molar-refractivity contribution in [3.63, 3.8) is 0 Å². The summed E-state index contributed by atoms with van der Waals surface area (Å²) in [6.45, 7) is 2.15. The van der Waals surface area contributed by atoms with E-state index in [1.54, 1.807) is 18.9 Å². The van der Waals surface area contributed by atoms with Crippen molar-refractivity contribution in [2.45, 2.75) is 29.2 Å². The number of hydrogen-bond donors (Lipinski definition) is 1. The summed E-state index contributed by atoms with van der Waals surface area (Å²) in [5, 5.41) is 3.27. The van der Waals surface area contributed by atoms with Crippen LogP contribution in [-0.2, 0) is 0 Å². The molecule has 0 aliphatic carbocycles. The molecule has 4 heteroatoms. The summed E-state index contributed by atoms with van der Waals surface area (Å²) in [5.74, 6) is 0.876. The fraction of sp³-hybridized carbons (Fsp3) is 0.312. The maximum Gasteiger partial charge on any atom is 0.119 e. The van der Waals surface area contributed by atoms with E-state index < -0.39 is 0 Å². The van der Waals surface area contributed by atoms with Crippen molar-refractivity contribution in [2.24, 2.45) is 0 Å². The van der Waals surface area contributed by atoms with Gasteiger partial charge in [0.2, 0.25) is 0 Å². The number of hydrogen-bond acceptors (Lipinski definition) is 4. The number of aromatic nitrogens is 1. The Morgan fingerprint density at radius 2 is 2.10 bits per heavy atom. The van der Waals surface area contributed by atoms with Crippen molar-refractivity contribution >= 4 is 11.8 Å². The zero-order valence-corrected chi connectivity index (χ0v) is 12.9. The first-order valence-corrected chi connectivity index (χ1v) is 7.53. The van der Waals surface area contributed by atoms with Crippen molar-refractivity contribution in [3.8, 4) is 5.75 Å². The molecule has 1 unspecified atom stereocenters. The molecule has 1 atom stereocenters. The van der Waals surface area contributed by atoms with Gasteiger partial charge in [0.15, 0.2) is 0 Å². The number of nitrogens with one attached hydrogen (secondary N) is 1. The molecule has 1 aromatic carbocycles. The second-order valence-electron chi connectivity index (χ2n) is 4.45. The van der Waals surface area contributed by atoms with E-state index in [-0.39, 0.29) is 0 Å². The molecular weight excluding hydrogens is 268 g/mol. The van der Waals surface area contributed by atoms with Crippen LogP contribution in [0.1, 0.15) is 25.1 Å². The lowest BCUT2D eigenvalue weighted by Gasteiger charge is -2.13. The van der Waals surface area contributed by atoms with E-state index in [1.165, 1.54) is 0 Å². The van der Waals surface area contributed by atoms with Gasteiger partial charge in [-0.1, -0.05) is 24.8 Å². The molecule has 1 N–H and O–H groups in total. The van der Waals surface area contributed by atoms with Gasteiger partial charge in [-0.3, -0.25) is 4.98 Å². The van der Waals surface area contributed by atoms with Gasteiger partial charge >= 0.3 is 0 Å². The summed E-state index contributed by atoms with van der Waals surface area (Å²) in [6.07, 6.45) is 2.96. The van der Waals surface area contributed by atoms with E-state index in [0.29, 0.717) is 6.04 Å².